The molecule has 0 aliphatic rings. The minimum Gasteiger partial charge on any atom is -0.493 e. The van der Waals surface area contributed by atoms with Gasteiger partial charge in [-0.25, -0.2) is 4.39 Å². The summed E-state index contributed by atoms with van der Waals surface area (Å²) < 4.78 is 24.0. The van der Waals surface area contributed by atoms with Crippen LogP contribution in [0.3, 0.4) is 0 Å². The predicted molar refractivity (Wildman–Crippen MR) is 87.8 cm³/mol. The third-order valence-electron chi connectivity index (χ3n) is 3.27. The number of hydrogen-bond acceptors (Lipinski definition) is 4. The van der Waals surface area contributed by atoms with Gasteiger partial charge in [0.2, 0.25) is 0 Å². The van der Waals surface area contributed by atoms with Crippen molar-refractivity contribution in [1.29, 1.82) is 0 Å². The first-order valence-electron chi connectivity index (χ1n) is 7.00. The molecular formula is C18H18FNO3. The normalized spacial score (nSPS) is 10.6. The lowest BCUT2D eigenvalue weighted by Gasteiger charge is -2.08. The van der Waals surface area contributed by atoms with E-state index in [0.29, 0.717) is 22.7 Å². The Morgan fingerprint density at radius 2 is 1.83 bits per heavy atom. The van der Waals surface area contributed by atoms with Crippen molar-refractivity contribution in [2.24, 2.45) is 0 Å². The molecule has 0 aliphatic heterocycles. The van der Waals surface area contributed by atoms with Crippen LogP contribution in [0.15, 0.2) is 48.7 Å². The third kappa shape index (κ3) is 4.10. The number of nitrogens with one attached hydrogen (secondary N) is 1. The van der Waals surface area contributed by atoms with E-state index in [4.69, 9.17) is 9.47 Å². The molecule has 0 unspecified atom stereocenters. The van der Waals surface area contributed by atoms with Crippen molar-refractivity contribution in [2.75, 3.05) is 19.5 Å². The molecule has 0 heterocycles. The second kappa shape index (κ2) is 7.45. The number of halogens is 1. The largest absolute Gasteiger partial charge is 0.493 e. The molecule has 23 heavy (non-hydrogen) atoms. The zero-order chi connectivity index (χ0) is 16.8. The maximum Gasteiger partial charge on any atom is 0.187 e. The zero-order valence-electron chi connectivity index (χ0n) is 13.2. The van der Waals surface area contributed by atoms with E-state index >= 15 is 0 Å². The van der Waals surface area contributed by atoms with Crippen molar-refractivity contribution < 1.29 is 18.7 Å². The van der Waals surface area contributed by atoms with Crippen LogP contribution < -0.4 is 14.8 Å². The van der Waals surface area contributed by atoms with E-state index in [1.165, 1.54) is 32.6 Å². The van der Waals surface area contributed by atoms with E-state index in [2.05, 4.69) is 5.32 Å². The van der Waals surface area contributed by atoms with Gasteiger partial charge in [-0.1, -0.05) is 6.07 Å². The highest BCUT2D eigenvalue weighted by Gasteiger charge is 2.08. The molecule has 0 aromatic heterocycles. The zero-order valence-corrected chi connectivity index (χ0v) is 13.2. The Hall–Kier alpha value is -2.82. The molecule has 5 heteroatoms. The summed E-state index contributed by atoms with van der Waals surface area (Å²) in [4.78, 5) is 12.1. The molecule has 2 rings (SSSR count). The lowest BCUT2D eigenvalue weighted by atomic mass is 10.1. The molecule has 0 spiro atoms. The van der Waals surface area contributed by atoms with E-state index in [1.54, 1.807) is 30.3 Å². The summed E-state index contributed by atoms with van der Waals surface area (Å²) in [7, 11) is 3.03. The molecule has 0 saturated carbocycles. The van der Waals surface area contributed by atoms with Crippen LogP contribution in [0.5, 0.6) is 11.5 Å². The topological polar surface area (TPSA) is 47.6 Å². The SMILES string of the molecule is COc1ccc(C(=O)C=CNc2ccc(C)cc2F)cc1OC. The van der Waals surface area contributed by atoms with Gasteiger partial charge in [-0.2, -0.15) is 0 Å². The number of carbonyl (C=O) groups excluding carboxylic acids is 1. The number of benzene rings is 2. The molecule has 0 amide bonds. The van der Waals surface area contributed by atoms with Crippen molar-refractivity contribution in [3.8, 4) is 11.5 Å². The first-order chi connectivity index (χ1) is 11.0. The molecule has 120 valence electrons. The number of ether oxygens (including phenoxy) is 2. The molecule has 0 bridgehead atoms. The number of hydrogen-bond donors (Lipinski definition) is 1. The minimum absolute atomic E-state index is 0.231. The fraction of sp³-hybridized carbons (Fsp3) is 0.167. The van der Waals surface area contributed by atoms with Crippen molar-refractivity contribution in [3.05, 3.63) is 65.6 Å². The van der Waals surface area contributed by atoms with Gasteiger partial charge in [-0.15, -0.1) is 0 Å². The van der Waals surface area contributed by atoms with E-state index in [-0.39, 0.29) is 11.6 Å². The number of rotatable bonds is 6. The summed E-state index contributed by atoms with van der Waals surface area (Å²) in [5.41, 5.74) is 1.59. The van der Waals surface area contributed by atoms with Crippen LogP contribution in [0, 0.1) is 12.7 Å². The third-order valence-corrected chi connectivity index (χ3v) is 3.27. The lowest BCUT2D eigenvalue weighted by Crippen LogP contribution is -1.99. The van der Waals surface area contributed by atoms with Crippen molar-refractivity contribution in [1.82, 2.24) is 0 Å². The fourth-order valence-electron chi connectivity index (χ4n) is 2.03. The number of methoxy groups -OCH3 is 2. The highest BCUT2D eigenvalue weighted by atomic mass is 19.1. The lowest BCUT2D eigenvalue weighted by molar-refractivity contribution is 0.104. The van der Waals surface area contributed by atoms with E-state index in [9.17, 15) is 9.18 Å². The summed E-state index contributed by atoms with van der Waals surface area (Å²) in [5.74, 6) is 0.427. The number of ketones is 1. The number of aryl methyl sites for hydroxylation is 1. The van der Waals surface area contributed by atoms with Gasteiger partial charge >= 0.3 is 0 Å². The smallest absolute Gasteiger partial charge is 0.187 e. The van der Waals surface area contributed by atoms with Crippen LogP contribution >= 0.6 is 0 Å². The maximum atomic E-state index is 13.7. The second-order valence-corrected chi connectivity index (χ2v) is 4.89. The number of allylic oxidation sites excluding steroid dienone is 1. The van der Waals surface area contributed by atoms with Crippen molar-refractivity contribution in [3.63, 3.8) is 0 Å². The van der Waals surface area contributed by atoms with Crippen molar-refractivity contribution in [2.45, 2.75) is 6.92 Å². The summed E-state index contributed by atoms with van der Waals surface area (Å²) in [6.45, 7) is 1.81. The Bertz CT molecular complexity index is 741. The molecule has 0 atom stereocenters. The maximum absolute atomic E-state index is 13.7. The Labute approximate surface area is 134 Å². The highest BCUT2D eigenvalue weighted by molar-refractivity contribution is 6.05. The quantitative estimate of drug-likeness (QED) is 0.647. The van der Waals surface area contributed by atoms with Crippen LogP contribution in [0.1, 0.15) is 15.9 Å². The Morgan fingerprint density at radius 1 is 1.09 bits per heavy atom. The monoisotopic (exact) mass is 315 g/mol. The van der Waals surface area contributed by atoms with Crippen LogP contribution in [-0.2, 0) is 0 Å². The first-order valence-corrected chi connectivity index (χ1v) is 7.00. The summed E-state index contributed by atoms with van der Waals surface area (Å²) in [6, 6.07) is 9.73. The van der Waals surface area contributed by atoms with Crippen LogP contribution in [0.2, 0.25) is 0 Å². The molecule has 0 fully saturated rings. The molecule has 1 N–H and O–H groups in total. The Balaban J connectivity index is 2.09. The van der Waals surface area contributed by atoms with E-state index < -0.39 is 0 Å². The van der Waals surface area contributed by atoms with Gasteiger partial charge in [0.1, 0.15) is 5.82 Å². The average Bonchev–Trinajstić information content (AvgIpc) is 2.56. The first kappa shape index (κ1) is 16.5. The standard InChI is InChI=1S/C18H18FNO3/c1-12-4-6-15(14(19)10-12)20-9-8-16(21)13-5-7-17(22-2)18(11-13)23-3/h4-11,20H,1-3H3. The molecule has 0 saturated heterocycles. The Morgan fingerprint density at radius 3 is 2.48 bits per heavy atom. The Kier molecular flexibility index (Phi) is 5.36. The summed E-state index contributed by atoms with van der Waals surface area (Å²) >= 11 is 0. The average molecular weight is 315 g/mol. The minimum atomic E-state index is -0.367. The second-order valence-electron chi connectivity index (χ2n) is 4.89. The summed E-state index contributed by atoms with van der Waals surface area (Å²) in [5, 5.41) is 2.76. The van der Waals surface area contributed by atoms with Crippen LogP contribution in [0.4, 0.5) is 10.1 Å². The van der Waals surface area contributed by atoms with E-state index in [1.807, 2.05) is 6.92 Å². The molecule has 4 nitrogen and oxygen atoms in total. The van der Waals surface area contributed by atoms with E-state index in [0.717, 1.165) is 5.56 Å². The van der Waals surface area contributed by atoms with Gasteiger partial charge in [0.15, 0.2) is 17.3 Å². The van der Waals surface area contributed by atoms with Crippen LogP contribution in [0.25, 0.3) is 0 Å². The highest BCUT2D eigenvalue weighted by Crippen LogP contribution is 2.27. The van der Waals surface area contributed by atoms with Crippen LogP contribution in [-0.4, -0.2) is 20.0 Å². The molecule has 2 aromatic carbocycles. The predicted octanol–water partition coefficient (Wildman–Crippen LogP) is 3.96. The number of anilines is 1. The number of carbonyl (C=O) groups is 1. The van der Waals surface area contributed by atoms with Gasteiger partial charge in [-0.3, -0.25) is 4.79 Å². The van der Waals surface area contributed by atoms with Crippen molar-refractivity contribution >= 4 is 11.5 Å². The molecule has 0 aliphatic carbocycles. The van der Waals surface area contributed by atoms with Gasteiger partial charge in [0.25, 0.3) is 0 Å². The summed E-state index contributed by atoms with van der Waals surface area (Å²) in [6.07, 6.45) is 2.74. The molecular weight excluding hydrogens is 297 g/mol. The van der Waals surface area contributed by atoms with Gasteiger partial charge in [0, 0.05) is 17.8 Å². The van der Waals surface area contributed by atoms with Gasteiger partial charge in [0.05, 0.1) is 19.9 Å². The molecule has 2 aromatic rings. The van der Waals surface area contributed by atoms with Gasteiger partial charge in [-0.05, 0) is 42.8 Å². The van der Waals surface area contributed by atoms with Gasteiger partial charge < -0.3 is 14.8 Å². The fourth-order valence-corrected chi connectivity index (χ4v) is 2.03. The molecule has 0 radical (unpaired) electrons.